The molecule has 1 unspecified atom stereocenters. The fourth-order valence-electron chi connectivity index (χ4n) is 4.23. The predicted molar refractivity (Wildman–Crippen MR) is 140 cm³/mol. The Morgan fingerprint density at radius 1 is 1.27 bits per heavy atom. The number of halogens is 1. The van der Waals surface area contributed by atoms with Gasteiger partial charge in [0, 0.05) is 4.88 Å². The fourth-order valence-corrected chi connectivity index (χ4v) is 6.31. The van der Waals surface area contributed by atoms with Gasteiger partial charge < -0.3 is 15.0 Å². The number of hydrogen-bond acceptors (Lipinski definition) is 8. The Morgan fingerprint density at radius 3 is 2.78 bits per heavy atom. The van der Waals surface area contributed by atoms with E-state index in [4.69, 9.17) is 4.74 Å². The molecule has 0 aliphatic heterocycles. The topological polar surface area (TPSA) is 119 Å². The highest BCUT2D eigenvalue weighted by Gasteiger charge is 2.28. The molecule has 1 amide bonds. The van der Waals surface area contributed by atoms with Crippen molar-refractivity contribution in [3.05, 3.63) is 62.6 Å². The summed E-state index contributed by atoms with van der Waals surface area (Å²) in [6.45, 7) is 3.69. The fraction of sp³-hybridized carbons (Fsp3) is 0.320. The van der Waals surface area contributed by atoms with E-state index in [1.54, 1.807) is 13.8 Å². The van der Waals surface area contributed by atoms with Crippen LogP contribution in [-0.2, 0) is 22.4 Å². The summed E-state index contributed by atoms with van der Waals surface area (Å²) in [4.78, 5) is 46.8. The van der Waals surface area contributed by atoms with E-state index in [9.17, 15) is 18.8 Å². The molecule has 1 aliphatic carbocycles. The summed E-state index contributed by atoms with van der Waals surface area (Å²) in [5.41, 5.74) is 1.86. The molecule has 9 nitrogen and oxygen atoms in total. The molecule has 3 aromatic heterocycles. The third kappa shape index (κ3) is 5.03. The Balaban J connectivity index is 1.39. The number of H-pyrrole nitrogens is 1. The van der Waals surface area contributed by atoms with Crippen molar-refractivity contribution in [1.82, 2.24) is 19.7 Å². The van der Waals surface area contributed by atoms with Gasteiger partial charge in [0.05, 0.1) is 29.3 Å². The molecule has 0 fully saturated rings. The van der Waals surface area contributed by atoms with E-state index in [-0.39, 0.29) is 28.9 Å². The number of carbonyl (C=O) groups excluding carboxylic acids is 2. The number of thioether (sulfide) groups is 1. The molecule has 192 valence electrons. The molecule has 4 aromatic rings. The molecule has 37 heavy (non-hydrogen) atoms. The lowest BCUT2D eigenvalue weighted by Crippen LogP contribution is -2.24. The maximum atomic E-state index is 13.4. The second-order valence-electron chi connectivity index (χ2n) is 8.53. The first-order valence-electron chi connectivity index (χ1n) is 11.9. The van der Waals surface area contributed by atoms with E-state index >= 15 is 0 Å². The van der Waals surface area contributed by atoms with E-state index in [2.05, 4.69) is 20.4 Å². The van der Waals surface area contributed by atoms with Crippen LogP contribution >= 0.6 is 23.1 Å². The SMILES string of the molecule is CCOC(=O)c1c(NC(=O)C(C)Sc2nc3c(cnn3-c3ccc(F)cc3)c(=O)[nH]2)sc2c1CCCC2. The van der Waals surface area contributed by atoms with Crippen molar-refractivity contribution in [1.29, 1.82) is 0 Å². The van der Waals surface area contributed by atoms with Crippen LogP contribution in [0.4, 0.5) is 9.39 Å². The number of nitrogens with one attached hydrogen (secondary N) is 2. The quantitative estimate of drug-likeness (QED) is 0.201. The highest BCUT2D eigenvalue weighted by Crippen LogP contribution is 2.39. The smallest absolute Gasteiger partial charge is 0.341 e. The van der Waals surface area contributed by atoms with Crippen molar-refractivity contribution >= 4 is 51.0 Å². The molecule has 5 rings (SSSR count). The van der Waals surface area contributed by atoms with Crippen molar-refractivity contribution in [2.24, 2.45) is 0 Å². The molecule has 1 atom stereocenters. The number of esters is 1. The van der Waals surface area contributed by atoms with Crippen LogP contribution in [0.2, 0.25) is 0 Å². The van der Waals surface area contributed by atoms with Gasteiger partial charge in [-0.1, -0.05) is 11.8 Å². The number of ether oxygens (including phenoxy) is 1. The number of fused-ring (bicyclic) bond motifs is 2. The minimum atomic E-state index is -0.642. The molecule has 2 N–H and O–H groups in total. The second kappa shape index (κ2) is 10.5. The summed E-state index contributed by atoms with van der Waals surface area (Å²) in [6.07, 6.45) is 5.09. The molecule has 0 saturated carbocycles. The molecule has 0 bridgehead atoms. The summed E-state index contributed by atoms with van der Waals surface area (Å²) in [5.74, 6) is -1.15. The lowest BCUT2D eigenvalue weighted by atomic mass is 9.95. The highest BCUT2D eigenvalue weighted by atomic mass is 32.2. The molecule has 12 heteroatoms. The van der Waals surface area contributed by atoms with Crippen LogP contribution in [0.5, 0.6) is 0 Å². The lowest BCUT2D eigenvalue weighted by Gasteiger charge is -2.13. The number of anilines is 1. The number of aryl methyl sites for hydroxylation is 1. The first-order chi connectivity index (χ1) is 17.9. The Morgan fingerprint density at radius 2 is 2.03 bits per heavy atom. The van der Waals surface area contributed by atoms with Gasteiger partial charge in [-0.15, -0.1) is 11.3 Å². The van der Waals surface area contributed by atoms with E-state index in [1.807, 2.05) is 0 Å². The highest BCUT2D eigenvalue weighted by molar-refractivity contribution is 8.00. The minimum Gasteiger partial charge on any atom is -0.462 e. The maximum Gasteiger partial charge on any atom is 0.341 e. The number of thiophene rings is 1. The monoisotopic (exact) mass is 541 g/mol. The Labute approximate surface area is 219 Å². The first-order valence-corrected chi connectivity index (χ1v) is 13.6. The van der Waals surface area contributed by atoms with Gasteiger partial charge in [-0.25, -0.2) is 18.9 Å². The summed E-state index contributed by atoms with van der Waals surface area (Å²) >= 11 is 2.50. The third-order valence-electron chi connectivity index (χ3n) is 6.03. The van der Waals surface area contributed by atoms with Crippen molar-refractivity contribution in [3.8, 4) is 5.69 Å². The van der Waals surface area contributed by atoms with Gasteiger partial charge in [0.2, 0.25) is 5.91 Å². The molecular formula is C25H24FN5O4S2. The zero-order valence-corrected chi connectivity index (χ0v) is 21.8. The van der Waals surface area contributed by atoms with Crippen molar-refractivity contribution in [3.63, 3.8) is 0 Å². The number of benzene rings is 1. The molecule has 0 radical (unpaired) electrons. The van der Waals surface area contributed by atoms with Gasteiger partial charge in [0.25, 0.3) is 5.56 Å². The number of nitrogens with zero attached hydrogens (tertiary/aromatic N) is 3. The zero-order valence-electron chi connectivity index (χ0n) is 20.2. The van der Waals surface area contributed by atoms with Crippen LogP contribution < -0.4 is 10.9 Å². The minimum absolute atomic E-state index is 0.236. The van der Waals surface area contributed by atoms with Crippen LogP contribution in [0.1, 0.15) is 47.5 Å². The van der Waals surface area contributed by atoms with Crippen LogP contribution in [0, 0.1) is 5.82 Å². The Bertz CT molecular complexity index is 1540. The summed E-state index contributed by atoms with van der Waals surface area (Å²) in [7, 11) is 0. The third-order valence-corrected chi connectivity index (χ3v) is 8.22. The zero-order chi connectivity index (χ0) is 26.1. The van der Waals surface area contributed by atoms with Gasteiger partial charge in [0.1, 0.15) is 16.2 Å². The standard InChI is InChI=1S/C25H24FN5O4S2/c1-3-35-24(34)19-16-6-4-5-7-18(16)37-23(19)29-21(32)13(2)36-25-28-20-17(22(33)30-25)12-27-31(20)15-10-8-14(26)9-11-15/h8-13H,3-7H2,1-2H3,(H,29,32)(H,28,30,33). The second-order valence-corrected chi connectivity index (χ2v) is 11.0. The van der Waals surface area contributed by atoms with Gasteiger partial charge in [-0.3, -0.25) is 9.59 Å². The Kier molecular flexibility index (Phi) is 7.11. The van der Waals surface area contributed by atoms with E-state index in [0.29, 0.717) is 21.9 Å². The van der Waals surface area contributed by atoms with Crippen LogP contribution in [0.3, 0.4) is 0 Å². The average Bonchev–Trinajstić information content (AvgIpc) is 3.46. The number of aromatic amines is 1. The van der Waals surface area contributed by atoms with Gasteiger partial charge in [-0.05, 0) is 69.4 Å². The van der Waals surface area contributed by atoms with Crippen molar-refractivity contribution in [2.75, 3.05) is 11.9 Å². The number of hydrogen-bond donors (Lipinski definition) is 2. The number of aromatic nitrogens is 4. The summed E-state index contributed by atoms with van der Waals surface area (Å²) < 4.78 is 20.1. The van der Waals surface area contributed by atoms with Gasteiger partial charge in [0.15, 0.2) is 10.8 Å². The normalized spacial score (nSPS) is 13.8. The summed E-state index contributed by atoms with van der Waals surface area (Å²) in [6, 6.07) is 5.67. The van der Waals surface area contributed by atoms with Crippen LogP contribution in [-0.4, -0.2) is 43.5 Å². The van der Waals surface area contributed by atoms with Crippen LogP contribution in [0.15, 0.2) is 40.4 Å². The predicted octanol–water partition coefficient (Wildman–Crippen LogP) is 4.48. The average molecular weight is 542 g/mol. The van der Waals surface area contributed by atoms with E-state index < -0.39 is 16.8 Å². The summed E-state index contributed by atoms with van der Waals surface area (Å²) in [5, 5.41) is 7.48. The molecule has 0 spiro atoms. The Hall–Kier alpha value is -3.51. The van der Waals surface area contributed by atoms with Crippen LogP contribution in [0.25, 0.3) is 16.7 Å². The molecular weight excluding hydrogens is 517 g/mol. The number of carbonyl (C=O) groups is 2. The molecule has 0 saturated heterocycles. The van der Waals surface area contributed by atoms with E-state index in [1.165, 1.54) is 46.5 Å². The van der Waals surface area contributed by atoms with Gasteiger partial charge in [-0.2, -0.15) is 5.10 Å². The maximum absolute atomic E-state index is 13.4. The van der Waals surface area contributed by atoms with Crippen molar-refractivity contribution in [2.45, 2.75) is 49.9 Å². The first kappa shape index (κ1) is 25.2. The lowest BCUT2D eigenvalue weighted by molar-refractivity contribution is -0.115. The van der Waals surface area contributed by atoms with Gasteiger partial charge >= 0.3 is 5.97 Å². The molecule has 3 heterocycles. The number of rotatable bonds is 7. The molecule has 1 aromatic carbocycles. The number of amides is 1. The van der Waals surface area contributed by atoms with Crippen molar-refractivity contribution < 1.29 is 18.7 Å². The molecule has 1 aliphatic rings. The largest absolute Gasteiger partial charge is 0.462 e. The van der Waals surface area contributed by atoms with E-state index in [0.717, 1.165) is 47.9 Å².